The van der Waals surface area contributed by atoms with Crippen LogP contribution in [0.3, 0.4) is 0 Å². The first-order valence-corrected chi connectivity index (χ1v) is 7.58. The Balaban J connectivity index is 2.05. The first-order chi connectivity index (χ1) is 11.0. The average Bonchev–Trinajstić information content (AvgIpc) is 2.54. The number of rotatable bonds is 7. The van der Waals surface area contributed by atoms with Crippen molar-refractivity contribution in [3.05, 3.63) is 59.2 Å². The zero-order chi connectivity index (χ0) is 16.8. The van der Waals surface area contributed by atoms with Crippen molar-refractivity contribution in [3.63, 3.8) is 0 Å². The van der Waals surface area contributed by atoms with Gasteiger partial charge in [-0.2, -0.15) is 0 Å². The first-order valence-electron chi connectivity index (χ1n) is 7.58. The quantitative estimate of drug-likeness (QED) is 0.840. The van der Waals surface area contributed by atoms with Gasteiger partial charge in [0.25, 0.3) is 0 Å². The van der Waals surface area contributed by atoms with Gasteiger partial charge in [0.2, 0.25) is 0 Å². The van der Waals surface area contributed by atoms with E-state index in [4.69, 9.17) is 9.47 Å². The Labute approximate surface area is 136 Å². The van der Waals surface area contributed by atoms with Crippen LogP contribution in [-0.2, 0) is 4.79 Å². The molecule has 0 amide bonds. The highest BCUT2D eigenvalue weighted by Gasteiger charge is 2.23. The number of hydrogen-bond acceptors (Lipinski definition) is 3. The molecular weight excluding hydrogens is 292 g/mol. The molecule has 0 bridgehead atoms. The van der Waals surface area contributed by atoms with Gasteiger partial charge in [-0.15, -0.1) is 0 Å². The number of para-hydroxylation sites is 1. The van der Waals surface area contributed by atoms with Crippen molar-refractivity contribution in [1.82, 2.24) is 0 Å². The molecule has 0 saturated carbocycles. The monoisotopic (exact) mass is 314 g/mol. The van der Waals surface area contributed by atoms with E-state index >= 15 is 0 Å². The molecule has 23 heavy (non-hydrogen) atoms. The van der Waals surface area contributed by atoms with Gasteiger partial charge in [0.1, 0.15) is 11.5 Å². The Morgan fingerprint density at radius 3 is 2.52 bits per heavy atom. The Morgan fingerprint density at radius 1 is 1.13 bits per heavy atom. The number of carboxylic acid groups (broad SMARTS) is 1. The molecule has 0 spiro atoms. The minimum absolute atomic E-state index is 0.331. The van der Waals surface area contributed by atoms with Crippen LogP contribution in [0.5, 0.6) is 11.5 Å². The van der Waals surface area contributed by atoms with Gasteiger partial charge in [0.05, 0.1) is 19.6 Å². The number of hydrogen-bond donors (Lipinski definition) is 1. The lowest BCUT2D eigenvalue weighted by Gasteiger charge is -2.16. The molecule has 0 saturated heterocycles. The largest absolute Gasteiger partial charge is 0.496 e. The molecule has 4 nitrogen and oxygen atoms in total. The zero-order valence-electron chi connectivity index (χ0n) is 13.7. The highest BCUT2D eigenvalue weighted by atomic mass is 16.5. The molecule has 0 heterocycles. The van der Waals surface area contributed by atoms with Crippen molar-refractivity contribution in [2.45, 2.75) is 26.2 Å². The van der Waals surface area contributed by atoms with Crippen LogP contribution in [0, 0.1) is 13.8 Å². The van der Waals surface area contributed by atoms with Crippen molar-refractivity contribution in [1.29, 1.82) is 0 Å². The summed E-state index contributed by atoms with van der Waals surface area (Å²) >= 11 is 0. The van der Waals surface area contributed by atoms with E-state index in [2.05, 4.69) is 0 Å². The number of ether oxygens (including phenoxy) is 2. The fraction of sp³-hybridized carbons (Fsp3) is 0.316. The van der Waals surface area contributed by atoms with Crippen LogP contribution in [0.25, 0.3) is 0 Å². The van der Waals surface area contributed by atoms with E-state index < -0.39 is 11.9 Å². The number of carbonyl (C=O) groups is 1. The van der Waals surface area contributed by atoms with Crippen LogP contribution in [0.1, 0.15) is 29.0 Å². The van der Waals surface area contributed by atoms with Crippen LogP contribution in [-0.4, -0.2) is 24.8 Å². The molecule has 0 aromatic heterocycles. The van der Waals surface area contributed by atoms with E-state index in [0.717, 1.165) is 11.3 Å². The summed E-state index contributed by atoms with van der Waals surface area (Å²) in [5, 5.41) is 9.51. The van der Waals surface area contributed by atoms with Crippen molar-refractivity contribution >= 4 is 5.97 Å². The van der Waals surface area contributed by atoms with Gasteiger partial charge in [-0.25, -0.2) is 0 Å². The molecule has 1 atom stereocenters. The standard InChI is InChI=1S/C19H22O4/c1-13-8-9-15(12-14(13)2)23-11-10-17(19(20)21)16-6-4-5-7-18(16)22-3/h4-9,12,17H,10-11H2,1-3H3,(H,20,21). The first kappa shape index (κ1) is 16.9. The average molecular weight is 314 g/mol. The third kappa shape index (κ3) is 4.25. The lowest BCUT2D eigenvalue weighted by molar-refractivity contribution is -0.139. The second-order valence-electron chi connectivity index (χ2n) is 5.52. The molecule has 0 aliphatic heterocycles. The fourth-order valence-corrected chi connectivity index (χ4v) is 2.46. The minimum Gasteiger partial charge on any atom is -0.496 e. The molecule has 0 aliphatic rings. The molecule has 122 valence electrons. The number of aryl methyl sites for hydroxylation is 2. The smallest absolute Gasteiger partial charge is 0.311 e. The number of benzene rings is 2. The molecule has 1 N–H and O–H groups in total. The van der Waals surface area contributed by atoms with Gasteiger partial charge in [-0.1, -0.05) is 24.3 Å². The Morgan fingerprint density at radius 2 is 1.87 bits per heavy atom. The third-order valence-electron chi connectivity index (χ3n) is 3.97. The van der Waals surface area contributed by atoms with Crippen molar-refractivity contribution < 1.29 is 19.4 Å². The molecular formula is C19H22O4. The van der Waals surface area contributed by atoms with Gasteiger partial charge in [0.15, 0.2) is 0 Å². The molecule has 0 fully saturated rings. The maximum absolute atomic E-state index is 11.6. The Hall–Kier alpha value is -2.49. The highest BCUT2D eigenvalue weighted by molar-refractivity contribution is 5.77. The van der Waals surface area contributed by atoms with Crippen molar-refractivity contribution in [2.24, 2.45) is 0 Å². The molecule has 0 aliphatic carbocycles. The maximum atomic E-state index is 11.6. The van der Waals surface area contributed by atoms with E-state index in [-0.39, 0.29) is 0 Å². The van der Waals surface area contributed by atoms with Gasteiger partial charge < -0.3 is 14.6 Å². The third-order valence-corrected chi connectivity index (χ3v) is 3.97. The molecule has 1 unspecified atom stereocenters. The molecule has 0 radical (unpaired) electrons. The van der Waals surface area contributed by atoms with E-state index in [1.807, 2.05) is 44.2 Å². The van der Waals surface area contributed by atoms with Crippen LogP contribution in [0.2, 0.25) is 0 Å². The van der Waals surface area contributed by atoms with Crippen LogP contribution in [0.15, 0.2) is 42.5 Å². The lowest BCUT2D eigenvalue weighted by atomic mass is 9.95. The van der Waals surface area contributed by atoms with Gasteiger partial charge >= 0.3 is 5.97 Å². The predicted octanol–water partition coefficient (Wildman–Crippen LogP) is 3.95. The fourth-order valence-electron chi connectivity index (χ4n) is 2.46. The predicted molar refractivity (Wildman–Crippen MR) is 89.4 cm³/mol. The minimum atomic E-state index is -0.877. The number of carboxylic acids is 1. The highest BCUT2D eigenvalue weighted by Crippen LogP contribution is 2.29. The molecule has 4 heteroatoms. The summed E-state index contributed by atoms with van der Waals surface area (Å²) in [6, 6.07) is 13.1. The van der Waals surface area contributed by atoms with Gasteiger partial charge in [-0.05, 0) is 49.6 Å². The van der Waals surface area contributed by atoms with Gasteiger partial charge in [-0.3, -0.25) is 4.79 Å². The number of aliphatic carboxylic acids is 1. The molecule has 2 aromatic rings. The maximum Gasteiger partial charge on any atom is 0.311 e. The van der Waals surface area contributed by atoms with Crippen molar-refractivity contribution in [2.75, 3.05) is 13.7 Å². The second-order valence-corrected chi connectivity index (χ2v) is 5.52. The topological polar surface area (TPSA) is 55.8 Å². The van der Waals surface area contributed by atoms with Crippen LogP contribution in [0.4, 0.5) is 0 Å². The van der Waals surface area contributed by atoms with Crippen molar-refractivity contribution in [3.8, 4) is 11.5 Å². The summed E-state index contributed by atoms with van der Waals surface area (Å²) in [6.45, 7) is 4.40. The zero-order valence-corrected chi connectivity index (χ0v) is 13.7. The summed E-state index contributed by atoms with van der Waals surface area (Å²) < 4.78 is 11.0. The summed E-state index contributed by atoms with van der Waals surface area (Å²) in [5.41, 5.74) is 3.03. The summed E-state index contributed by atoms with van der Waals surface area (Å²) in [4.78, 5) is 11.6. The molecule has 2 rings (SSSR count). The summed E-state index contributed by atoms with van der Waals surface area (Å²) in [5.74, 6) is -0.181. The number of methoxy groups -OCH3 is 1. The summed E-state index contributed by atoms with van der Waals surface area (Å²) in [7, 11) is 1.54. The van der Waals surface area contributed by atoms with E-state index in [9.17, 15) is 9.90 Å². The Kier molecular flexibility index (Phi) is 5.63. The normalized spacial score (nSPS) is 11.8. The van der Waals surface area contributed by atoms with E-state index in [1.54, 1.807) is 19.2 Å². The molecule has 2 aromatic carbocycles. The van der Waals surface area contributed by atoms with Gasteiger partial charge in [0, 0.05) is 5.56 Å². The summed E-state index contributed by atoms with van der Waals surface area (Å²) in [6.07, 6.45) is 0.378. The van der Waals surface area contributed by atoms with Crippen LogP contribution < -0.4 is 9.47 Å². The SMILES string of the molecule is COc1ccccc1C(CCOc1ccc(C)c(C)c1)C(=O)O. The van der Waals surface area contributed by atoms with E-state index in [0.29, 0.717) is 24.3 Å². The van der Waals surface area contributed by atoms with E-state index in [1.165, 1.54) is 5.56 Å². The Bertz CT molecular complexity index is 679. The lowest BCUT2D eigenvalue weighted by Crippen LogP contribution is -2.16. The van der Waals surface area contributed by atoms with Crippen LogP contribution >= 0.6 is 0 Å². The second kappa shape index (κ2) is 7.68.